The van der Waals surface area contributed by atoms with Crippen molar-refractivity contribution in [3.63, 3.8) is 0 Å². The molecule has 0 aliphatic carbocycles. The Hall–Kier alpha value is -1.62. The van der Waals surface area contributed by atoms with E-state index in [4.69, 9.17) is 4.74 Å². The van der Waals surface area contributed by atoms with E-state index < -0.39 is 0 Å². The predicted molar refractivity (Wildman–Crippen MR) is 67.6 cm³/mol. The van der Waals surface area contributed by atoms with Crippen LogP contribution in [-0.4, -0.2) is 42.4 Å². The van der Waals surface area contributed by atoms with Gasteiger partial charge in [-0.25, -0.2) is 9.78 Å². The second-order valence-corrected chi connectivity index (χ2v) is 4.42. The fourth-order valence-corrected chi connectivity index (χ4v) is 2.31. The van der Waals surface area contributed by atoms with Gasteiger partial charge in [-0.2, -0.15) is 0 Å². The summed E-state index contributed by atoms with van der Waals surface area (Å²) in [6.45, 7) is 0.979. The molecule has 18 heavy (non-hydrogen) atoms. The Bertz CT molecular complexity index is 422. The van der Waals surface area contributed by atoms with Crippen LogP contribution in [0.2, 0.25) is 0 Å². The highest BCUT2D eigenvalue weighted by Crippen LogP contribution is 2.23. The summed E-state index contributed by atoms with van der Waals surface area (Å²) in [6.07, 6.45) is 4.77. The molecule has 0 saturated carbocycles. The van der Waals surface area contributed by atoms with Gasteiger partial charge in [0.15, 0.2) is 0 Å². The minimum atomic E-state index is -0.365. The number of methoxy groups -OCH3 is 1. The highest BCUT2D eigenvalue weighted by Gasteiger charge is 2.23. The van der Waals surface area contributed by atoms with Crippen molar-refractivity contribution in [2.75, 3.05) is 25.2 Å². The molecule has 2 heterocycles. The molecule has 5 nitrogen and oxygen atoms in total. The summed E-state index contributed by atoms with van der Waals surface area (Å²) in [4.78, 5) is 17.8. The molecule has 1 aromatic rings. The predicted octanol–water partition coefficient (Wildman–Crippen LogP) is 1.22. The Morgan fingerprint density at radius 2 is 2.44 bits per heavy atom. The van der Waals surface area contributed by atoms with Gasteiger partial charge >= 0.3 is 5.97 Å². The number of anilines is 1. The number of nitrogens with zero attached hydrogens (tertiary/aromatic N) is 2. The number of hydrogen-bond donors (Lipinski definition) is 1. The molecule has 0 amide bonds. The third-order valence-electron chi connectivity index (χ3n) is 3.30. The maximum absolute atomic E-state index is 11.5. The highest BCUT2D eigenvalue weighted by atomic mass is 16.5. The van der Waals surface area contributed by atoms with Gasteiger partial charge in [0.05, 0.1) is 25.3 Å². The molecule has 2 rings (SSSR count). The van der Waals surface area contributed by atoms with E-state index in [0.717, 1.165) is 31.6 Å². The van der Waals surface area contributed by atoms with Crippen LogP contribution >= 0.6 is 0 Å². The number of aromatic nitrogens is 1. The van der Waals surface area contributed by atoms with Crippen molar-refractivity contribution in [3.8, 4) is 0 Å². The van der Waals surface area contributed by atoms with E-state index >= 15 is 0 Å². The van der Waals surface area contributed by atoms with E-state index in [0.29, 0.717) is 5.56 Å². The Morgan fingerprint density at radius 3 is 3.17 bits per heavy atom. The van der Waals surface area contributed by atoms with Crippen LogP contribution < -0.4 is 4.90 Å². The highest BCUT2D eigenvalue weighted by molar-refractivity contribution is 5.90. The summed E-state index contributed by atoms with van der Waals surface area (Å²) in [6, 6.07) is 3.45. The van der Waals surface area contributed by atoms with Crippen LogP contribution in [0, 0.1) is 0 Å². The van der Waals surface area contributed by atoms with E-state index in [1.54, 1.807) is 18.3 Å². The molecule has 1 N–H and O–H groups in total. The molecule has 0 spiro atoms. The molecule has 1 aromatic heterocycles. The van der Waals surface area contributed by atoms with Crippen LogP contribution in [0.1, 0.15) is 29.6 Å². The molecule has 1 unspecified atom stereocenters. The zero-order valence-corrected chi connectivity index (χ0v) is 10.5. The van der Waals surface area contributed by atoms with Crippen molar-refractivity contribution in [2.24, 2.45) is 0 Å². The minimum absolute atomic E-state index is 0.0964. The summed E-state index contributed by atoms with van der Waals surface area (Å²) >= 11 is 0. The third-order valence-corrected chi connectivity index (χ3v) is 3.30. The fourth-order valence-electron chi connectivity index (χ4n) is 2.31. The maximum Gasteiger partial charge on any atom is 0.338 e. The van der Waals surface area contributed by atoms with Crippen LogP contribution in [0.5, 0.6) is 0 Å². The molecular weight excluding hydrogens is 232 g/mol. The lowest BCUT2D eigenvalue weighted by Crippen LogP contribution is -2.42. The number of aliphatic hydroxyl groups is 1. The SMILES string of the molecule is COC(=O)c1ccnc(N2CCCCC2CO)c1. The summed E-state index contributed by atoms with van der Waals surface area (Å²) in [5.74, 6) is 0.368. The monoisotopic (exact) mass is 250 g/mol. The number of piperidine rings is 1. The van der Waals surface area contributed by atoms with Crippen LogP contribution in [0.4, 0.5) is 5.82 Å². The van der Waals surface area contributed by atoms with Gasteiger partial charge in [-0.3, -0.25) is 0 Å². The van der Waals surface area contributed by atoms with Gasteiger partial charge in [0.1, 0.15) is 5.82 Å². The number of carbonyl (C=O) groups excluding carboxylic acids is 1. The first-order valence-electron chi connectivity index (χ1n) is 6.18. The van der Waals surface area contributed by atoms with Crippen molar-refractivity contribution in [3.05, 3.63) is 23.9 Å². The molecule has 1 atom stereocenters. The third kappa shape index (κ3) is 2.61. The van der Waals surface area contributed by atoms with Gasteiger partial charge in [-0.15, -0.1) is 0 Å². The quantitative estimate of drug-likeness (QED) is 0.817. The zero-order chi connectivity index (χ0) is 13.0. The number of carbonyl (C=O) groups is 1. The van der Waals surface area contributed by atoms with Crippen LogP contribution in [0.15, 0.2) is 18.3 Å². The minimum Gasteiger partial charge on any atom is -0.465 e. The summed E-state index contributed by atoms with van der Waals surface area (Å²) < 4.78 is 4.70. The Labute approximate surface area is 106 Å². The zero-order valence-electron chi connectivity index (χ0n) is 10.5. The molecule has 0 bridgehead atoms. The second-order valence-electron chi connectivity index (χ2n) is 4.42. The molecule has 0 aromatic carbocycles. The largest absolute Gasteiger partial charge is 0.465 e. The van der Waals surface area contributed by atoms with Crippen LogP contribution in [-0.2, 0) is 4.74 Å². The first-order valence-corrected chi connectivity index (χ1v) is 6.18. The first-order chi connectivity index (χ1) is 8.76. The normalized spacial score (nSPS) is 19.7. The van der Waals surface area contributed by atoms with E-state index in [-0.39, 0.29) is 18.6 Å². The molecule has 1 aliphatic rings. The first kappa shape index (κ1) is 12.8. The molecule has 1 saturated heterocycles. The van der Waals surface area contributed by atoms with Gasteiger partial charge in [-0.1, -0.05) is 0 Å². The number of hydrogen-bond acceptors (Lipinski definition) is 5. The Kier molecular flexibility index (Phi) is 4.15. The number of esters is 1. The van der Waals surface area contributed by atoms with E-state index in [1.165, 1.54) is 7.11 Å². The average molecular weight is 250 g/mol. The van der Waals surface area contributed by atoms with Crippen LogP contribution in [0.25, 0.3) is 0 Å². The lowest BCUT2D eigenvalue weighted by molar-refractivity contribution is 0.0600. The number of aliphatic hydroxyl groups excluding tert-OH is 1. The number of rotatable bonds is 3. The van der Waals surface area contributed by atoms with Crippen molar-refractivity contribution >= 4 is 11.8 Å². The smallest absolute Gasteiger partial charge is 0.338 e. The molecule has 0 radical (unpaired) electrons. The number of ether oxygens (including phenoxy) is 1. The topological polar surface area (TPSA) is 62.7 Å². The van der Waals surface area contributed by atoms with E-state index in [1.807, 2.05) is 0 Å². The van der Waals surface area contributed by atoms with Crippen molar-refractivity contribution in [2.45, 2.75) is 25.3 Å². The Morgan fingerprint density at radius 1 is 1.61 bits per heavy atom. The molecule has 5 heteroatoms. The van der Waals surface area contributed by atoms with Crippen molar-refractivity contribution in [1.82, 2.24) is 4.98 Å². The maximum atomic E-state index is 11.5. The molecule has 1 fully saturated rings. The van der Waals surface area contributed by atoms with Gasteiger partial charge in [-0.05, 0) is 31.4 Å². The van der Waals surface area contributed by atoms with Gasteiger partial charge in [0, 0.05) is 12.7 Å². The lowest BCUT2D eigenvalue weighted by Gasteiger charge is -2.35. The van der Waals surface area contributed by atoms with Crippen molar-refractivity contribution < 1.29 is 14.6 Å². The van der Waals surface area contributed by atoms with Gasteiger partial charge in [0.25, 0.3) is 0 Å². The van der Waals surface area contributed by atoms with Crippen LogP contribution in [0.3, 0.4) is 0 Å². The van der Waals surface area contributed by atoms with E-state index in [2.05, 4.69) is 9.88 Å². The van der Waals surface area contributed by atoms with Crippen molar-refractivity contribution in [1.29, 1.82) is 0 Å². The molecular formula is C13H18N2O3. The second kappa shape index (κ2) is 5.82. The molecule has 1 aliphatic heterocycles. The fraction of sp³-hybridized carbons (Fsp3) is 0.538. The summed E-state index contributed by atoms with van der Waals surface area (Å²) in [5.41, 5.74) is 0.491. The summed E-state index contributed by atoms with van der Waals surface area (Å²) in [5, 5.41) is 9.39. The average Bonchev–Trinajstić information content (AvgIpc) is 2.46. The lowest BCUT2D eigenvalue weighted by atomic mass is 10.0. The molecule has 98 valence electrons. The van der Waals surface area contributed by atoms with Gasteiger partial charge < -0.3 is 14.7 Å². The number of pyridine rings is 1. The summed E-state index contributed by atoms with van der Waals surface area (Å²) in [7, 11) is 1.36. The standard InChI is InChI=1S/C13H18N2O3/c1-18-13(17)10-5-6-14-12(8-10)15-7-3-2-4-11(15)9-16/h5-6,8,11,16H,2-4,7,9H2,1H3. The van der Waals surface area contributed by atoms with E-state index in [9.17, 15) is 9.90 Å². The van der Waals surface area contributed by atoms with Gasteiger partial charge in [0.2, 0.25) is 0 Å². The Balaban J connectivity index is 2.23.